The molecule has 1 aliphatic heterocycles. The molecule has 1 aliphatic rings. The van der Waals surface area contributed by atoms with Crippen LogP contribution in [0.4, 0.5) is 11.4 Å². The topological polar surface area (TPSA) is 46.9 Å². The first-order valence-corrected chi connectivity index (χ1v) is 7.57. The van der Waals surface area contributed by atoms with E-state index in [1.807, 2.05) is 0 Å². The molecule has 0 aromatic heterocycles. The average Bonchev–Trinajstić information content (AvgIpc) is 2.60. The van der Waals surface area contributed by atoms with E-state index in [0.29, 0.717) is 5.92 Å². The van der Waals surface area contributed by atoms with Gasteiger partial charge in [-0.2, -0.15) is 0 Å². The molecule has 0 amide bonds. The first-order valence-electron chi connectivity index (χ1n) is 7.57. The van der Waals surface area contributed by atoms with Crippen molar-refractivity contribution in [3.05, 3.63) is 24.3 Å². The third-order valence-electron chi connectivity index (χ3n) is 3.80. The number of aliphatic hydroxyl groups excluding tert-OH is 2. The van der Waals surface area contributed by atoms with Gasteiger partial charge >= 0.3 is 0 Å². The van der Waals surface area contributed by atoms with Gasteiger partial charge in [0.2, 0.25) is 0 Å². The highest BCUT2D eigenvalue weighted by atomic mass is 16.3. The number of rotatable bonds is 6. The summed E-state index contributed by atoms with van der Waals surface area (Å²) in [5.41, 5.74) is 2.51. The van der Waals surface area contributed by atoms with Crippen LogP contribution in [0.5, 0.6) is 0 Å². The predicted octanol–water partition coefficient (Wildman–Crippen LogP) is 1.71. The molecule has 0 atom stereocenters. The molecule has 1 aromatic rings. The summed E-state index contributed by atoms with van der Waals surface area (Å²) in [5.74, 6) is 0.569. The maximum Gasteiger partial charge on any atom is 0.0604 e. The van der Waals surface area contributed by atoms with E-state index in [1.165, 1.54) is 11.4 Å². The van der Waals surface area contributed by atoms with Crippen LogP contribution >= 0.6 is 0 Å². The molecule has 1 aromatic carbocycles. The van der Waals surface area contributed by atoms with E-state index in [9.17, 15) is 0 Å². The molecule has 0 unspecified atom stereocenters. The van der Waals surface area contributed by atoms with Crippen LogP contribution in [-0.4, -0.2) is 49.6 Å². The average molecular weight is 278 g/mol. The molecule has 0 spiro atoms. The van der Waals surface area contributed by atoms with Crippen molar-refractivity contribution in [1.29, 1.82) is 0 Å². The molecule has 0 fully saturated rings. The van der Waals surface area contributed by atoms with E-state index >= 15 is 0 Å². The first-order chi connectivity index (χ1) is 9.76. The summed E-state index contributed by atoms with van der Waals surface area (Å²) in [4.78, 5) is 4.77. The molecular formula is C16H26N2O2. The predicted molar refractivity (Wildman–Crippen MR) is 83.4 cm³/mol. The van der Waals surface area contributed by atoms with Crippen molar-refractivity contribution in [2.45, 2.75) is 19.8 Å². The molecule has 4 nitrogen and oxygen atoms in total. The quantitative estimate of drug-likeness (QED) is 0.832. The summed E-state index contributed by atoms with van der Waals surface area (Å²) in [6, 6.07) is 8.48. The van der Waals surface area contributed by atoms with Crippen molar-refractivity contribution < 1.29 is 10.2 Å². The maximum atomic E-state index is 9.08. The summed E-state index contributed by atoms with van der Waals surface area (Å²) < 4.78 is 0. The lowest BCUT2D eigenvalue weighted by Crippen LogP contribution is -2.32. The van der Waals surface area contributed by atoms with Gasteiger partial charge in [-0.05, 0) is 30.9 Å². The molecule has 0 saturated heterocycles. The number of benzene rings is 1. The van der Waals surface area contributed by atoms with Gasteiger partial charge in [-0.1, -0.05) is 19.1 Å². The van der Waals surface area contributed by atoms with Gasteiger partial charge in [0.05, 0.1) is 11.4 Å². The van der Waals surface area contributed by atoms with Gasteiger partial charge in [-0.15, -0.1) is 0 Å². The second kappa shape index (κ2) is 7.50. The maximum absolute atomic E-state index is 9.08. The van der Waals surface area contributed by atoms with Crippen LogP contribution < -0.4 is 9.80 Å². The highest BCUT2D eigenvalue weighted by Gasteiger charge is 2.23. The van der Waals surface area contributed by atoms with Crippen molar-refractivity contribution in [3.8, 4) is 0 Å². The Balaban J connectivity index is 2.24. The minimum absolute atomic E-state index is 0.237. The van der Waals surface area contributed by atoms with Crippen molar-refractivity contribution in [2.75, 3.05) is 49.2 Å². The normalized spacial score (nSPS) is 16.1. The number of fused-ring (bicyclic) bond motifs is 1. The molecule has 0 radical (unpaired) electrons. The number of hydrogen-bond donors (Lipinski definition) is 2. The largest absolute Gasteiger partial charge is 0.396 e. The van der Waals surface area contributed by atoms with Crippen molar-refractivity contribution in [3.63, 3.8) is 0 Å². The molecular weight excluding hydrogens is 252 g/mol. The van der Waals surface area contributed by atoms with Crippen LogP contribution in [0.1, 0.15) is 19.8 Å². The molecule has 0 bridgehead atoms. The Labute approximate surface area is 121 Å². The van der Waals surface area contributed by atoms with Crippen LogP contribution in [0.15, 0.2) is 24.3 Å². The Morgan fingerprint density at radius 1 is 0.950 bits per heavy atom. The summed E-state index contributed by atoms with van der Waals surface area (Å²) in [5, 5.41) is 18.2. The molecule has 2 rings (SSSR count). The minimum atomic E-state index is 0.237. The van der Waals surface area contributed by atoms with Crippen molar-refractivity contribution in [1.82, 2.24) is 0 Å². The van der Waals surface area contributed by atoms with Crippen molar-refractivity contribution >= 4 is 11.4 Å². The SMILES string of the molecule is CC1CN(CCCO)c2ccccc2N(CCCO)C1. The molecule has 112 valence electrons. The van der Waals surface area contributed by atoms with E-state index in [0.717, 1.165) is 39.0 Å². The second-order valence-corrected chi connectivity index (χ2v) is 5.64. The molecule has 4 heteroatoms. The van der Waals surface area contributed by atoms with Crippen LogP contribution in [-0.2, 0) is 0 Å². The fourth-order valence-electron chi connectivity index (χ4n) is 2.95. The summed E-state index contributed by atoms with van der Waals surface area (Å²) >= 11 is 0. The lowest BCUT2D eigenvalue weighted by Gasteiger charge is -2.27. The molecule has 0 aliphatic carbocycles. The molecule has 2 N–H and O–H groups in total. The standard InChI is InChI=1S/C16H26N2O2/c1-14-12-17(8-4-10-19)15-6-2-3-7-16(15)18(13-14)9-5-11-20/h2-3,6-7,14,19-20H,4-5,8-13H2,1H3. The van der Waals surface area contributed by atoms with E-state index in [1.54, 1.807) is 0 Å². The zero-order chi connectivity index (χ0) is 14.4. The third-order valence-corrected chi connectivity index (χ3v) is 3.80. The summed E-state index contributed by atoms with van der Waals surface area (Å²) in [7, 11) is 0. The number of anilines is 2. The fourth-order valence-corrected chi connectivity index (χ4v) is 2.95. The Morgan fingerprint density at radius 2 is 1.40 bits per heavy atom. The van der Waals surface area contributed by atoms with E-state index in [2.05, 4.69) is 41.0 Å². The number of hydrogen-bond acceptors (Lipinski definition) is 4. The number of para-hydroxylation sites is 2. The van der Waals surface area contributed by atoms with Gasteiger partial charge in [-0.25, -0.2) is 0 Å². The van der Waals surface area contributed by atoms with Crippen molar-refractivity contribution in [2.24, 2.45) is 5.92 Å². The summed E-state index contributed by atoms with van der Waals surface area (Å²) in [6.07, 6.45) is 1.61. The van der Waals surface area contributed by atoms with E-state index < -0.39 is 0 Å². The van der Waals surface area contributed by atoms with E-state index in [4.69, 9.17) is 10.2 Å². The monoisotopic (exact) mass is 278 g/mol. The smallest absolute Gasteiger partial charge is 0.0604 e. The zero-order valence-corrected chi connectivity index (χ0v) is 12.3. The Kier molecular flexibility index (Phi) is 5.68. The van der Waals surface area contributed by atoms with Gasteiger partial charge in [0.25, 0.3) is 0 Å². The Morgan fingerprint density at radius 3 is 1.80 bits per heavy atom. The van der Waals surface area contributed by atoms with Gasteiger partial charge in [-0.3, -0.25) is 0 Å². The number of aliphatic hydroxyl groups is 2. The Hall–Kier alpha value is -1.26. The highest BCUT2D eigenvalue weighted by Crippen LogP contribution is 2.33. The lowest BCUT2D eigenvalue weighted by atomic mass is 10.1. The van der Waals surface area contributed by atoms with Gasteiger partial charge in [0.1, 0.15) is 0 Å². The molecule has 0 saturated carbocycles. The van der Waals surface area contributed by atoms with Crippen LogP contribution in [0.2, 0.25) is 0 Å². The molecule has 20 heavy (non-hydrogen) atoms. The highest BCUT2D eigenvalue weighted by molar-refractivity contribution is 5.72. The fraction of sp³-hybridized carbons (Fsp3) is 0.625. The van der Waals surface area contributed by atoms with Gasteiger partial charge in [0.15, 0.2) is 0 Å². The van der Waals surface area contributed by atoms with Gasteiger partial charge in [0, 0.05) is 39.4 Å². The summed E-state index contributed by atoms with van der Waals surface area (Å²) in [6.45, 7) is 6.57. The number of nitrogens with zero attached hydrogens (tertiary/aromatic N) is 2. The van der Waals surface area contributed by atoms with E-state index in [-0.39, 0.29) is 13.2 Å². The lowest BCUT2D eigenvalue weighted by molar-refractivity contribution is 0.288. The Bertz CT molecular complexity index is 374. The first kappa shape index (κ1) is 15.1. The minimum Gasteiger partial charge on any atom is -0.396 e. The molecule has 1 heterocycles. The van der Waals surface area contributed by atoms with Crippen LogP contribution in [0, 0.1) is 5.92 Å². The third kappa shape index (κ3) is 3.64. The zero-order valence-electron chi connectivity index (χ0n) is 12.3. The second-order valence-electron chi connectivity index (χ2n) is 5.64. The van der Waals surface area contributed by atoms with Crippen LogP contribution in [0.25, 0.3) is 0 Å². The van der Waals surface area contributed by atoms with Gasteiger partial charge < -0.3 is 20.0 Å². The van der Waals surface area contributed by atoms with Crippen LogP contribution in [0.3, 0.4) is 0 Å².